The molecule has 0 aliphatic carbocycles. The first-order valence-corrected chi connectivity index (χ1v) is 5.40. The highest BCUT2D eigenvalue weighted by Crippen LogP contribution is 2.23. The Balaban J connectivity index is 2.80. The van der Waals surface area contributed by atoms with E-state index in [0.717, 1.165) is 18.4 Å². The molecule has 0 saturated heterocycles. The highest BCUT2D eigenvalue weighted by Gasteiger charge is 2.09. The maximum absolute atomic E-state index is 5.97. The molecule has 0 atom stereocenters. The van der Waals surface area contributed by atoms with Crippen LogP contribution < -0.4 is 4.74 Å². The fourth-order valence-corrected chi connectivity index (χ4v) is 1.40. The van der Waals surface area contributed by atoms with Crippen LogP contribution in [0.25, 0.3) is 0 Å². The van der Waals surface area contributed by atoms with E-state index in [1.807, 2.05) is 19.1 Å². The molecule has 4 heteroatoms. The summed E-state index contributed by atoms with van der Waals surface area (Å²) in [5, 5.41) is 0.488. The van der Waals surface area contributed by atoms with Gasteiger partial charge in [0.05, 0.1) is 5.56 Å². The molecule has 82 valence electrons. The van der Waals surface area contributed by atoms with Gasteiger partial charge in [-0.1, -0.05) is 37.1 Å². The van der Waals surface area contributed by atoms with E-state index in [-0.39, 0.29) is 0 Å². The van der Waals surface area contributed by atoms with Crippen molar-refractivity contribution in [2.75, 3.05) is 6.61 Å². The first-order chi connectivity index (χ1) is 7.29. The van der Waals surface area contributed by atoms with Gasteiger partial charge in [0.1, 0.15) is 18.1 Å². The molecule has 0 amide bonds. The third kappa shape index (κ3) is 3.51. The van der Waals surface area contributed by atoms with Crippen LogP contribution in [0.15, 0.2) is 18.5 Å². The number of ether oxygens (including phenoxy) is 1. The minimum atomic E-state index is 0.488. The summed E-state index contributed by atoms with van der Waals surface area (Å²) >= 11 is 5.97. The van der Waals surface area contributed by atoms with E-state index in [2.05, 4.69) is 16.9 Å². The quantitative estimate of drug-likeness (QED) is 0.572. The SMILES string of the molecule is CC=CCOc1ncnc(Cl)c1CCC. The average molecular weight is 227 g/mol. The molecule has 1 aromatic rings. The molecular weight excluding hydrogens is 212 g/mol. The van der Waals surface area contributed by atoms with Crippen molar-refractivity contribution in [2.45, 2.75) is 26.7 Å². The summed E-state index contributed by atoms with van der Waals surface area (Å²) in [5.41, 5.74) is 0.895. The first-order valence-electron chi connectivity index (χ1n) is 5.02. The number of hydrogen-bond acceptors (Lipinski definition) is 3. The van der Waals surface area contributed by atoms with Gasteiger partial charge in [-0.25, -0.2) is 9.97 Å². The average Bonchev–Trinajstić information content (AvgIpc) is 2.23. The van der Waals surface area contributed by atoms with Gasteiger partial charge >= 0.3 is 0 Å². The maximum atomic E-state index is 5.97. The summed E-state index contributed by atoms with van der Waals surface area (Å²) in [5.74, 6) is 0.593. The Morgan fingerprint density at radius 1 is 1.47 bits per heavy atom. The van der Waals surface area contributed by atoms with E-state index in [9.17, 15) is 0 Å². The largest absolute Gasteiger partial charge is 0.473 e. The van der Waals surface area contributed by atoms with E-state index in [0.29, 0.717) is 17.6 Å². The predicted octanol–water partition coefficient (Wildman–Crippen LogP) is 3.04. The molecule has 15 heavy (non-hydrogen) atoms. The van der Waals surface area contributed by atoms with Crippen LogP contribution in [-0.4, -0.2) is 16.6 Å². The van der Waals surface area contributed by atoms with E-state index >= 15 is 0 Å². The molecule has 0 aliphatic rings. The smallest absolute Gasteiger partial charge is 0.221 e. The minimum Gasteiger partial charge on any atom is -0.473 e. The molecule has 0 radical (unpaired) electrons. The molecule has 0 saturated carbocycles. The third-order valence-corrected chi connectivity index (χ3v) is 2.23. The lowest BCUT2D eigenvalue weighted by molar-refractivity contribution is 0.343. The van der Waals surface area contributed by atoms with Gasteiger partial charge in [0.15, 0.2) is 0 Å². The van der Waals surface area contributed by atoms with Gasteiger partial charge in [0.2, 0.25) is 5.88 Å². The highest BCUT2D eigenvalue weighted by molar-refractivity contribution is 6.30. The van der Waals surface area contributed by atoms with Gasteiger partial charge in [-0.3, -0.25) is 0 Å². The fraction of sp³-hybridized carbons (Fsp3) is 0.455. The van der Waals surface area contributed by atoms with E-state index in [1.165, 1.54) is 6.33 Å². The molecule has 0 unspecified atom stereocenters. The molecule has 0 spiro atoms. The van der Waals surface area contributed by atoms with Crippen LogP contribution in [0.2, 0.25) is 5.15 Å². The molecule has 1 aromatic heterocycles. The van der Waals surface area contributed by atoms with Crippen molar-refractivity contribution in [1.29, 1.82) is 0 Å². The van der Waals surface area contributed by atoms with Gasteiger partial charge < -0.3 is 4.74 Å². The monoisotopic (exact) mass is 226 g/mol. The van der Waals surface area contributed by atoms with E-state index < -0.39 is 0 Å². The Labute approximate surface area is 95.2 Å². The van der Waals surface area contributed by atoms with Crippen LogP contribution >= 0.6 is 11.6 Å². The van der Waals surface area contributed by atoms with Crippen LogP contribution in [0, 0.1) is 0 Å². The van der Waals surface area contributed by atoms with Crippen LogP contribution in [0.4, 0.5) is 0 Å². The van der Waals surface area contributed by atoms with Crippen LogP contribution in [0.3, 0.4) is 0 Å². The number of rotatable bonds is 5. The molecular formula is C11H15ClN2O. The summed E-state index contributed by atoms with van der Waals surface area (Å²) < 4.78 is 5.49. The topological polar surface area (TPSA) is 35.0 Å². The Bertz CT molecular complexity index is 339. The number of halogens is 1. The zero-order valence-electron chi connectivity index (χ0n) is 9.03. The Morgan fingerprint density at radius 3 is 2.93 bits per heavy atom. The molecule has 1 rings (SSSR count). The van der Waals surface area contributed by atoms with Gasteiger partial charge in [-0.15, -0.1) is 0 Å². The Morgan fingerprint density at radius 2 is 2.27 bits per heavy atom. The lowest BCUT2D eigenvalue weighted by Crippen LogP contribution is -2.02. The second-order valence-electron chi connectivity index (χ2n) is 3.08. The molecule has 0 bridgehead atoms. The van der Waals surface area contributed by atoms with Crippen molar-refractivity contribution in [3.05, 3.63) is 29.2 Å². The first kappa shape index (κ1) is 12.0. The number of aromatic nitrogens is 2. The Kier molecular flexibility index (Phi) is 5.12. The number of allylic oxidation sites excluding steroid dienone is 1. The molecule has 0 N–H and O–H groups in total. The van der Waals surface area contributed by atoms with Gasteiger partial charge in [0, 0.05) is 0 Å². The minimum absolute atomic E-state index is 0.488. The lowest BCUT2D eigenvalue weighted by atomic mass is 10.2. The third-order valence-electron chi connectivity index (χ3n) is 1.91. The standard InChI is InChI=1S/C11H15ClN2O/c1-3-5-7-15-11-9(6-4-2)10(12)13-8-14-11/h3,5,8H,4,6-7H2,1-2H3. The van der Waals surface area contributed by atoms with E-state index in [4.69, 9.17) is 16.3 Å². The van der Waals surface area contributed by atoms with Crippen LogP contribution in [0.1, 0.15) is 25.8 Å². The fourth-order valence-electron chi connectivity index (χ4n) is 1.18. The van der Waals surface area contributed by atoms with Crippen molar-refractivity contribution in [3.8, 4) is 5.88 Å². The predicted molar refractivity (Wildman–Crippen MR) is 61.3 cm³/mol. The normalized spacial score (nSPS) is 10.9. The maximum Gasteiger partial charge on any atom is 0.221 e. The van der Waals surface area contributed by atoms with Crippen LogP contribution in [-0.2, 0) is 6.42 Å². The summed E-state index contributed by atoms with van der Waals surface area (Å²) in [4.78, 5) is 8.02. The second-order valence-corrected chi connectivity index (χ2v) is 3.44. The molecule has 0 aliphatic heterocycles. The van der Waals surface area contributed by atoms with Gasteiger partial charge in [-0.2, -0.15) is 0 Å². The molecule has 0 aromatic carbocycles. The summed E-state index contributed by atoms with van der Waals surface area (Å²) in [6, 6.07) is 0. The van der Waals surface area contributed by atoms with Gasteiger partial charge in [0.25, 0.3) is 0 Å². The Hall–Kier alpha value is -1.09. The number of hydrogen-bond donors (Lipinski definition) is 0. The van der Waals surface area contributed by atoms with Gasteiger partial charge in [-0.05, 0) is 13.3 Å². The second kappa shape index (κ2) is 6.40. The summed E-state index contributed by atoms with van der Waals surface area (Å²) in [7, 11) is 0. The zero-order chi connectivity index (χ0) is 11.1. The van der Waals surface area contributed by atoms with E-state index in [1.54, 1.807) is 0 Å². The summed E-state index contributed by atoms with van der Waals surface area (Å²) in [6.07, 6.45) is 7.11. The van der Waals surface area contributed by atoms with Crippen molar-refractivity contribution in [1.82, 2.24) is 9.97 Å². The zero-order valence-corrected chi connectivity index (χ0v) is 9.79. The molecule has 3 nitrogen and oxygen atoms in total. The highest BCUT2D eigenvalue weighted by atomic mass is 35.5. The summed E-state index contributed by atoms with van der Waals surface area (Å²) in [6.45, 7) is 4.54. The van der Waals surface area contributed by atoms with Crippen molar-refractivity contribution in [3.63, 3.8) is 0 Å². The van der Waals surface area contributed by atoms with Crippen molar-refractivity contribution >= 4 is 11.6 Å². The van der Waals surface area contributed by atoms with Crippen molar-refractivity contribution in [2.24, 2.45) is 0 Å². The molecule has 1 heterocycles. The van der Waals surface area contributed by atoms with Crippen molar-refractivity contribution < 1.29 is 4.74 Å². The molecule has 0 fully saturated rings. The lowest BCUT2D eigenvalue weighted by Gasteiger charge is -2.08. The van der Waals surface area contributed by atoms with Crippen LogP contribution in [0.5, 0.6) is 5.88 Å². The number of nitrogens with zero attached hydrogens (tertiary/aromatic N) is 2.